The van der Waals surface area contributed by atoms with E-state index in [1.165, 1.54) is 11.3 Å². The van der Waals surface area contributed by atoms with Gasteiger partial charge in [-0.1, -0.05) is 25.7 Å². The van der Waals surface area contributed by atoms with Crippen molar-refractivity contribution in [2.45, 2.75) is 47.1 Å². The van der Waals surface area contributed by atoms with E-state index in [9.17, 15) is 4.79 Å². The van der Waals surface area contributed by atoms with Crippen LogP contribution in [-0.4, -0.2) is 35.1 Å². The summed E-state index contributed by atoms with van der Waals surface area (Å²) < 4.78 is 0. The third-order valence-corrected chi connectivity index (χ3v) is 4.15. The predicted octanol–water partition coefficient (Wildman–Crippen LogP) is 3.30. The van der Waals surface area contributed by atoms with Gasteiger partial charge in [0.05, 0.1) is 16.4 Å². The molecule has 4 heteroatoms. The maximum absolute atomic E-state index is 12.7. The lowest BCUT2D eigenvalue weighted by Gasteiger charge is -2.28. The third-order valence-electron chi connectivity index (χ3n) is 3.01. The molecule has 21 heavy (non-hydrogen) atoms. The van der Waals surface area contributed by atoms with E-state index in [2.05, 4.69) is 25.7 Å². The van der Waals surface area contributed by atoms with Crippen LogP contribution in [0.25, 0.3) is 0 Å². The average Bonchev–Trinajstić information content (AvgIpc) is 2.77. The van der Waals surface area contributed by atoms with Gasteiger partial charge in [-0.2, -0.15) is 0 Å². The fourth-order valence-corrected chi connectivity index (χ4v) is 2.98. The minimum Gasteiger partial charge on any atom is -0.395 e. The van der Waals surface area contributed by atoms with Gasteiger partial charge in [-0.05, 0) is 38.3 Å². The molecule has 1 heterocycles. The van der Waals surface area contributed by atoms with Crippen molar-refractivity contribution in [3.8, 4) is 11.8 Å². The Morgan fingerprint density at radius 2 is 2.05 bits per heavy atom. The second-order valence-electron chi connectivity index (χ2n) is 5.84. The monoisotopic (exact) mass is 307 g/mol. The maximum Gasteiger partial charge on any atom is 0.264 e. The van der Waals surface area contributed by atoms with Crippen LogP contribution in [-0.2, 0) is 0 Å². The summed E-state index contributed by atoms with van der Waals surface area (Å²) in [6, 6.07) is 2.11. The first-order chi connectivity index (χ1) is 9.86. The molecule has 0 aliphatic heterocycles. The molecule has 0 aliphatic carbocycles. The first-order valence-electron chi connectivity index (χ1n) is 7.38. The second kappa shape index (κ2) is 8.21. The molecule has 1 aromatic rings. The first-order valence-corrected chi connectivity index (χ1v) is 8.19. The molecule has 1 rings (SSSR count). The highest BCUT2D eigenvalue weighted by atomic mass is 32.1. The number of carbonyl (C=O) groups excluding carboxylic acids is 1. The molecule has 0 radical (unpaired) electrons. The van der Waals surface area contributed by atoms with Crippen LogP contribution >= 0.6 is 11.3 Å². The molecule has 0 saturated carbocycles. The summed E-state index contributed by atoms with van der Waals surface area (Å²) in [6.45, 7) is 11.1. The number of hydrogen-bond acceptors (Lipinski definition) is 3. The highest BCUT2D eigenvalue weighted by Gasteiger charge is 2.22. The van der Waals surface area contributed by atoms with Gasteiger partial charge in [0, 0.05) is 19.0 Å². The molecule has 0 atom stereocenters. The minimum atomic E-state index is 0.0682. The largest absolute Gasteiger partial charge is 0.395 e. The van der Waals surface area contributed by atoms with Crippen LogP contribution in [0.4, 0.5) is 0 Å². The maximum atomic E-state index is 12.7. The SMILES string of the molecule is Cc1cc(C(=O)N(CC(C)C)C(C)C)sc1C#CCCO. The Morgan fingerprint density at radius 3 is 2.57 bits per heavy atom. The molecule has 0 aliphatic rings. The lowest BCUT2D eigenvalue weighted by Crippen LogP contribution is -2.39. The van der Waals surface area contributed by atoms with Crippen molar-refractivity contribution in [2.24, 2.45) is 5.92 Å². The summed E-state index contributed by atoms with van der Waals surface area (Å²) in [5, 5.41) is 8.76. The number of amides is 1. The Bertz CT molecular complexity index is 535. The number of aliphatic hydroxyl groups is 1. The van der Waals surface area contributed by atoms with Gasteiger partial charge in [0.1, 0.15) is 0 Å². The van der Waals surface area contributed by atoms with Crippen molar-refractivity contribution < 1.29 is 9.90 Å². The van der Waals surface area contributed by atoms with Crippen molar-refractivity contribution in [3.63, 3.8) is 0 Å². The molecule has 116 valence electrons. The fourth-order valence-electron chi connectivity index (χ4n) is 1.97. The molecule has 1 N–H and O–H groups in total. The van der Waals surface area contributed by atoms with Gasteiger partial charge in [-0.15, -0.1) is 11.3 Å². The van der Waals surface area contributed by atoms with Crippen molar-refractivity contribution in [2.75, 3.05) is 13.2 Å². The normalized spacial score (nSPS) is 10.7. The van der Waals surface area contributed by atoms with Crippen LogP contribution in [0.3, 0.4) is 0 Å². The van der Waals surface area contributed by atoms with Crippen molar-refractivity contribution >= 4 is 17.2 Å². The zero-order valence-corrected chi connectivity index (χ0v) is 14.4. The average molecular weight is 307 g/mol. The summed E-state index contributed by atoms with van der Waals surface area (Å²) in [6.07, 6.45) is 0.464. The lowest BCUT2D eigenvalue weighted by molar-refractivity contribution is 0.0687. The van der Waals surface area contributed by atoms with Crippen LogP contribution in [0.2, 0.25) is 0 Å². The highest BCUT2D eigenvalue weighted by molar-refractivity contribution is 7.14. The zero-order chi connectivity index (χ0) is 16.0. The van der Waals surface area contributed by atoms with Gasteiger partial charge in [-0.25, -0.2) is 0 Å². The Hall–Kier alpha value is -1.31. The van der Waals surface area contributed by atoms with Crippen LogP contribution < -0.4 is 0 Å². The van der Waals surface area contributed by atoms with E-state index in [0.717, 1.165) is 21.9 Å². The number of aliphatic hydroxyl groups excluding tert-OH is 1. The number of hydrogen-bond donors (Lipinski definition) is 1. The summed E-state index contributed by atoms with van der Waals surface area (Å²) in [5.41, 5.74) is 1.03. The molecular formula is C17H25NO2S. The van der Waals surface area contributed by atoms with E-state index in [4.69, 9.17) is 5.11 Å². The second-order valence-corrected chi connectivity index (χ2v) is 6.90. The van der Waals surface area contributed by atoms with Crippen molar-refractivity contribution in [3.05, 3.63) is 21.4 Å². The van der Waals surface area contributed by atoms with E-state index in [0.29, 0.717) is 12.3 Å². The minimum absolute atomic E-state index is 0.0682. The third kappa shape index (κ3) is 5.18. The van der Waals surface area contributed by atoms with Gasteiger partial charge in [0.2, 0.25) is 0 Å². The molecular weight excluding hydrogens is 282 g/mol. The molecule has 0 aromatic carbocycles. The van der Waals surface area contributed by atoms with E-state index >= 15 is 0 Å². The van der Waals surface area contributed by atoms with Gasteiger partial charge in [-0.3, -0.25) is 4.79 Å². The van der Waals surface area contributed by atoms with Crippen LogP contribution in [0.5, 0.6) is 0 Å². The molecule has 0 bridgehead atoms. The van der Waals surface area contributed by atoms with Crippen molar-refractivity contribution in [1.29, 1.82) is 0 Å². The van der Waals surface area contributed by atoms with Gasteiger partial charge < -0.3 is 10.0 Å². The molecule has 0 fully saturated rings. The lowest BCUT2D eigenvalue weighted by atomic mass is 10.1. The summed E-state index contributed by atoms with van der Waals surface area (Å²) in [4.78, 5) is 16.2. The van der Waals surface area contributed by atoms with Crippen LogP contribution in [0.1, 0.15) is 54.2 Å². The summed E-state index contributed by atoms with van der Waals surface area (Å²) in [7, 11) is 0. The number of aryl methyl sites for hydroxylation is 1. The number of carbonyl (C=O) groups is 1. The van der Waals surface area contributed by atoms with Crippen LogP contribution in [0, 0.1) is 24.7 Å². The Balaban J connectivity index is 2.97. The van der Waals surface area contributed by atoms with Gasteiger partial charge >= 0.3 is 0 Å². The molecule has 0 spiro atoms. The van der Waals surface area contributed by atoms with E-state index in [1.807, 2.05) is 31.7 Å². The summed E-state index contributed by atoms with van der Waals surface area (Å²) in [5.74, 6) is 6.48. The quantitative estimate of drug-likeness (QED) is 0.848. The highest BCUT2D eigenvalue weighted by Crippen LogP contribution is 2.23. The fraction of sp³-hybridized carbons (Fsp3) is 0.588. The zero-order valence-electron chi connectivity index (χ0n) is 13.6. The smallest absolute Gasteiger partial charge is 0.264 e. The van der Waals surface area contributed by atoms with E-state index < -0.39 is 0 Å². The van der Waals surface area contributed by atoms with Gasteiger partial charge in [0.25, 0.3) is 5.91 Å². The van der Waals surface area contributed by atoms with Crippen LogP contribution in [0.15, 0.2) is 6.07 Å². The number of rotatable bonds is 5. The predicted molar refractivity (Wildman–Crippen MR) is 88.6 cm³/mol. The molecule has 3 nitrogen and oxygen atoms in total. The molecule has 1 amide bonds. The number of thiophene rings is 1. The van der Waals surface area contributed by atoms with Crippen molar-refractivity contribution in [1.82, 2.24) is 4.90 Å². The van der Waals surface area contributed by atoms with Gasteiger partial charge in [0.15, 0.2) is 0 Å². The van der Waals surface area contributed by atoms with E-state index in [1.54, 1.807) is 0 Å². The first kappa shape index (κ1) is 17.7. The summed E-state index contributed by atoms with van der Waals surface area (Å²) >= 11 is 1.44. The Kier molecular flexibility index (Phi) is 6.94. The standard InChI is InChI=1S/C17H25NO2S/c1-12(2)11-18(13(3)4)17(20)16-10-14(5)15(21-16)8-6-7-9-19/h10,12-13,19H,7,9,11H2,1-5H3. The topological polar surface area (TPSA) is 40.5 Å². The molecule has 1 aromatic heterocycles. The molecule has 0 unspecified atom stereocenters. The number of nitrogens with zero attached hydrogens (tertiary/aromatic N) is 1. The Labute approximate surface area is 132 Å². The Morgan fingerprint density at radius 1 is 1.38 bits per heavy atom. The van der Waals surface area contributed by atoms with E-state index in [-0.39, 0.29) is 18.6 Å². The molecule has 0 saturated heterocycles.